The molecule has 0 saturated carbocycles. The van der Waals surface area contributed by atoms with Gasteiger partial charge in [0.05, 0.1) is 0 Å². The Morgan fingerprint density at radius 3 is 2.38 bits per heavy atom. The number of hydrogen-bond donors (Lipinski definition) is 3. The molecule has 0 fully saturated rings. The van der Waals surface area contributed by atoms with Crippen LogP contribution in [0.15, 0.2) is 48.5 Å². The zero-order valence-corrected chi connectivity index (χ0v) is 13.1. The van der Waals surface area contributed by atoms with Crippen molar-refractivity contribution in [2.75, 3.05) is 5.32 Å². The monoisotopic (exact) mass is 351 g/mol. The van der Waals surface area contributed by atoms with E-state index in [1.165, 1.54) is 13.0 Å². The van der Waals surface area contributed by atoms with Gasteiger partial charge in [0, 0.05) is 0 Å². The number of hydrogen-bond acceptors (Lipinski definition) is 4. The van der Waals surface area contributed by atoms with Crippen LogP contribution in [0.4, 0.5) is 5.69 Å². The molecule has 0 aliphatic heterocycles. The number of amides is 1. The fourth-order valence-electron chi connectivity index (χ4n) is 1.93. The van der Waals surface area contributed by atoms with Gasteiger partial charge in [-0.15, -0.1) is 0 Å². The Morgan fingerprint density at radius 1 is 1.14 bits per heavy atom. The topological polar surface area (TPSA) is 95.9 Å². The van der Waals surface area contributed by atoms with Crippen LogP contribution in [0.3, 0.4) is 0 Å². The minimum atomic E-state index is -5.06. The second-order valence-corrected chi connectivity index (χ2v) is 7.92. The average Bonchev–Trinajstić information content (AvgIpc) is 2.47. The molecule has 0 heterocycles. The molecule has 21 heavy (non-hydrogen) atoms. The molecule has 1 atom stereocenters. The molecule has 0 aliphatic rings. The van der Waals surface area contributed by atoms with Crippen LogP contribution in [0.1, 0.15) is 6.92 Å². The van der Waals surface area contributed by atoms with Crippen molar-refractivity contribution >= 4 is 30.1 Å². The van der Waals surface area contributed by atoms with E-state index < -0.39 is 20.1 Å². The van der Waals surface area contributed by atoms with Gasteiger partial charge in [-0.25, -0.2) is 0 Å². The van der Waals surface area contributed by atoms with Crippen LogP contribution in [-0.4, -0.2) is 29.4 Å². The molecule has 0 bridgehead atoms. The number of nitrogens with one attached hydrogen (secondary N) is 1. The van der Waals surface area contributed by atoms with E-state index in [1.54, 1.807) is 12.1 Å². The van der Waals surface area contributed by atoms with E-state index in [9.17, 15) is 12.6 Å². The maximum absolute atomic E-state index is 11.8. The summed E-state index contributed by atoms with van der Waals surface area (Å²) >= 11 is -5.06. The van der Waals surface area contributed by atoms with Crippen molar-refractivity contribution in [1.29, 1.82) is 0 Å². The Labute approximate surface area is 124 Å². The summed E-state index contributed by atoms with van der Waals surface area (Å²) in [5.41, 5.74) is 1.79. The first-order valence-corrected chi connectivity index (χ1v) is 9.38. The van der Waals surface area contributed by atoms with Gasteiger partial charge in [-0.2, -0.15) is 0 Å². The second kappa shape index (κ2) is 6.28. The van der Waals surface area contributed by atoms with E-state index in [4.69, 9.17) is 5.26 Å². The number of carbonyl (C=O) groups excluding carboxylic acids is 1. The average molecular weight is 351 g/mol. The van der Waals surface area contributed by atoms with Crippen molar-refractivity contribution in [3.63, 3.8) is 0 Å². The van der Waals surface area contributed by atoms with Gasteiger partial charge in [0.1, 0.15) is 0 Å². The SMILES string of the molecule is CC(=O)Nc1cc(-c2ccccc2)ccc1[As](=O)(O)OO. The molecule has 2 rings (SSSR count). The van der Waals surface area contributed by atoms with Crippen molar-refractivity contribution < 1.29 is 21.8 Å². The first kappa shape index (κ1) is 15.5. The summed E-state index contributed by atoms with van der Waals surface area (Å²) in [6, 6.07) is 13.9. The summed E-state index contributed by atoms with van der Waals surface area (Å²) in [6.45, 7) is 1.29. The molecule has 0 aromatic heterocycles. The molecule has 0 aliphatic carbocycles. The normalized spacial score (nSPS) is 13.5. The van der Waals surface area contributed by atoms with Crippen LogP contribution in [0.25, 0.3) is 11.1 Å². The van der Waals surface area contributed by atoms with Gasteiger partial charge in [0.2, 0.25) is 0 Å². The van der Waals surface area contributed by atoms with Gasteiger partial charge < -0.3 is 0 Å². The minimum absolute atomic E-state index is 0.120. The van der Waals surface area contributed by atoms with Gasteiger partial charge in [-0.3, -0.25) is 0 Å². The van der Waals surface area contributed by atoms with Crippen LogP contribution in [0.5, 0.6) is 0 Å². The third-order valence-electron chi connectivity index (χ3n) is 2.83. The van der Waals surface area contributed by atoms with Crippen LogP contribution in [0.2, 0.25) is 0 Å². The van der Waals surface area contributed by atoms with E-state index in [-0.39, 0.29) is 10.0 Å². The van der Waals surface area contributed by atoms with Gasteiger partial charge in [-0.1, -0.05) is 0 Å². The first-order valence-electron chi connectivity index (χ1n) is 6.07. The summed E-state index contributed by atoms with van der Waals surface area (Å²) in [6.07, 6.45) is 0. The Hall–Kier alpha value is -1.85. The molecular weight excluding hydrogens is 337 g/mol. The van der Waals surface area contributed by atoms with Gasteiger partial charge in [-0.05, 0) is 0 Å². The van der Waals surface area contributed by atoms with Crippen LogP contribution in [0, 0.1) is 0 Å². The zero-order valence-electron chi connectivity index (χ0n) is 11.2. The Bertz CT molecular complexity index is 702. The van der Waals surface area contributed by atoms with Crippen molar-refractivity contribution in [1.82, 2.24) is 0 Å². The van der Waals surface area contributed by atoms with Crippen LogP contribution in [-0.2, 0) is 12.4 Å². The third-order valence-corrected chi connectivity index (χ3v) is 5.39. The van der Waals surface area contributed by atoms with Crippen molar-refractivity contribution in [2.24, 2.45) is 0 Å². The molecule has 0 radical (unpaired) electrons. The number of anilines is 1. The summed E-state index contributed by atoms with van der Waals surface area (Å²) in [7, 11) is 0. The standard InChI is InChI=1S/C14H14AsNO5/c1-10(17)16-14-9-12(11-5-3-2-4-6-11)7-8-13(14)15(18,19)21-20/h2-9,20H,1H3,(H,16,17)(H,18,19). The number of rotatable bonds is 4. The Morgan fingerprint density at radius 2 is 1.81 bits per heavy atom. The van der Waals surface area contributed by atoms with Gasteiger partial charge in [0.15, 0.2) is 0 Å². The maximum atomic E-state index is 11.8. The van der Waals surface area contributed by atoms with E-state index in [1.807, 2.05) is 30.3 Å². The molecule has 3 N–H and O–H groups in total. The van der Waals surface area contributed by atoms with E-state index in [0.29, 0.717) is 0 Å². The van der Waals surface area contributed by atoms with Crippen molar-refractivity contribution in [2.45, 2.75) is 6.92 Å². The predicted molar refractivity (Wildman–Crippen MR) is 78.2 cm³/mol. The quantitative estimate of drug-likeness (QED) is 0.439. The summed E-state index contributed by atoms with van der Waals surface area (Å²) < 4.78 is 25.1. The molecule has 7 heteroatoms. The molecule has 2 aromatic carbocycles. The fraction of sp³-hybridized carbons (Fsp3) is 0.0714. The summed E-state index contributed by atoms with van der Waals surface area (Å²) in [4.78, 5) is 11.2. The molecule has 6 nitrogen and oxygen atoms in total. The second-order valence-electron chi connectivity index (χ2n) is 4.38. The van der Waals surface area contributed by atoms with Gasteiger partial charge >= 0.3 is 124 Å². The predicted octanol–water partition coefficient (Wildman–Crippen LogP) is 1.37. The van der Waals surface area contributed by atoms with E-state index in [2.05, 4.69) is 9.19 Å². The molecule has 110 valence electrons. The van der Waals surface area contributed by atoms with Crippen LogP contribution < -0.4 is 9.67 Å². The summed E-state index contributed by atoms with van der Waals surface area (Å²) in [5.74, 6) is -0.394. The first-order chi connectivity index (χ1) is 9.94. The molecular formula is C14H14AsNO5. The molecule has 1 amide bonds. The Balaban J connectivity index is 2.55. The van der Waals surface area contributed by atoms with Crippen LogP contribution >= 0.6 is 0 Å². The molecule has 1 unspecified atom stereocenters. The summed E-state index contributed by atoms with van der Waals surface area (Å²) in [5, 5.41) is 11.1. The zero-order chi connectivity index (χ0) is 15.5. The fourth-order valence-corrected chi connectivity index (χ4v) is 3.55. The van der Waals surface area contributed by atoms with E-state index in [0.717, 1.165) is 11.1 Å². The molecule has 0 saturated heterocycles. The van der Waals surface area contributed by atoms with Crippen molar-refractivity contribution in [3.8, 4) is 11.1 Å². The molecule has 0 spiro atoms. The van der Waals surface area contributed by atoms with E-state index >= 15 is 0 Å². The Kier molecular flexibility index (Phi) is 4.65. The third kappa shape index (κ3) is 3.62. The number of benzene rings is 2. The van der Waals surface area contributed by atoms with Gasteiger partial charge in [0.25, 0.3) is 0 Å². The molecule has 2 aromatic rings. The van der Waals surface area contributed by atoms with Crippen molar-refractivity contribution in [3.05, 3.63) is 48.5 Å². The number of carbonyl (C=O) groups is 1.